The Bertz CT molecular complexity index is 894. The Hall–Kier alpha value is -2.54. The molecule has 1 aliphatic rings. The van der Waals surface area contributed by atoms with Crippen molar-refractivity contribution in [3.8, 4) is 5.75 Å². The molecule has 6 nitrogen and oxygen atoms in total. The summed E-state index contributed by atoms with van der Waals surface area (Å²) < 4.78 is 32.3. The normalized spacial score (nSPS) is 17.0. The van der Waals surface area contributed by atoms with Crippen molar-refractivity contribution in [3.05, 3.63) is 59.7 Å². The fourth-order valence-corrected chi connectivity index (χ4v) is 4.73. The highest BCUT2D eigenvalue weighted by molar-refractivity contribution is 7.92. The van der Waals surface area contributed by atoms with E-state index in [4.69, 9.17) is 4.74 Å². The molecule has 0 aromatic heterocycles. The molecule has 132 valence electrons. The molecule has 0 saturated carbocycles. The van der Waals surface area contributed by atoms with Crippen LogP contribution in [0.4, 0.5) is 5.69 Å². The summed E-state index contributed by atoms with van der Waals surface area (Å²) in [6.07, 6.45) is 0.254. The van der Waals surface area contributed by atoms with Crippen LogP contribution in [0.2, 0.25) is 0 Å². The molecule has 25 heavy (non-hydrogen) atoms. The molecule has 1 heterocycles. The minimum atomic E-state index is -3.64. The molecule has 0 amide bonds. The highest BCUT2D eigenvalue weighted by atomic mass is 32.2. The van der Waals surface area contributed by atoms with E-state index in [2.05, 4.69) is 0 Å². The van der Waals surface area contributed by atoms with Crippen molar-refractivity contribution in [2.24, 2.45) is 0 Å². The van der Waals surface area contributed by atoms with Gasteiger partial charge in [0.2, 0.25) is 10.0 Å². The predicted octanol–water partition coefficient (Wildman–Crippen LogP) is 2.60. The van der Waals surface area contributed by atoms with E-state index >= 15 is 0 Å². The third kappa shape index (κ3) is 3.46. The first-order valence-corrected chi connectivity index (χ1v) is 9.48. The molecule has 0 fully saturated rings. The lowest BCUT2D eigenvalue weighted by Gasteiger charge is -2.33. The number of fused-ring (bicyclic) bond motifs is 1. The second-order valence-electron chi connectivity index (χ2n) is 5.92. The number of sulfonamides is 1. The van der Waals surface area contributed by atoms with E-state index in [1.807, 2.05) is 0 Å². The molecule has 2 aromatic carbocycles. The largest absolute Gasteiger partial charge is 0.497 e. The van der Waals surface area contributed by atoms with Gasteiger partial charge in [-0.1, -0.05) is 30.3 Å². The summed E-state index contributed by atoms with van der Waals surface area (Å²) >= 11 is 0. The minimum Gasteiger partial charge on any atom is -0.497 e. The van der Waals surface area contributed by atoms with Crippen LogP contribution in [0.3, 0.4) is 0 Å². The molecule has 1 aliphatic heterocycles. The quantitative estimate of drug-likeness (QED) is 0.885. The molecule has 0 radical (unpaired) electrons. The lowest BCUT2D eigenvalue weighted by molar-refractivity contribution is -0.139. The van der Waals surface area contributed by atoms with Crippen LogP contribution in [-0.2, 0) is 20.6 Å². The molecule has 1 atom stereocenters. The van der Waals surface area contributed by atoms with E-state index in [0.29, 0.717) is 22.6 Å². The summed E-state index contributed by atoms with van der Waals surface area (Å²) in [7, 11) is -2.11. The first kappa shape index (κ1) is 17.3. The van der Waals surface area contributed by atoms with Gasteiger partial charge in [0.25, 0.3) is 0 Å². The van der Waals surface area contributed by atoms with Crippen LogP contribution in [0.25, 0.3) is 0 Å². The Morgan fingerprint density at radius 3 is 2.72 bits per heavy atom. The van der Waals surface area contributed by atoms with Crippen LogP contribution < -0.4 is 9.04 Å². The van der Waals surface area contributed by atoms with Crippen LogP contribution in [0.5, 0.6) is 5.75 Å². The number of methoxy groups -OCH3 is 1. The zero-order valence-electron chi connectivity index (χ0n) is 13.8. The molecule has 7 heteroatoms. The number of ether oxygens (including phenoxy) is 1. The molecule has 3 rings (SSSR count). The van der Waals surface area contributed by atoms with E-state index in [9.17, 15) is 18.3 Å². The van der Waals surface area contributed by atoms with Crippen LogP contribution in [0.15, 0.2) is 48.5 Å². The van der Waals surface area contributed by atoms with Crippen molar-refractivity contribution in [1.82, 2.24) is 0 Å². The van der Waals surface area contributed by atoms with Crippen LogP contribution >= 0.6 is 0 Å². The Balaban J connectivity index is 1.94. The fraction of sp³-hybridized carbons (Fsp3) is 0.278. The van der Waals surface area contributed by atoms with Crippen molar-refractivity contribution >= 4 is 21.7 Å². The van der Waals surface area contributed by atoms with Crippen molar-refractivity contribution in [3.63, 3.8) is 0 Å². The third-order valence-corrected chi connectivity index (χ3v) is 6.07. The maximum atomic E-state index is 12.9. The topological polar surface area (TPSA) is 83.9 Å². The molecular formula is C18H19NO5S. The molecule has 2 aromatic rings. The van der Waals surface area contributed by atoms with Gasteiger partial charge in [-0.25, -0.2) is 8.42 Å². The van der Waals surface area contributed by atoms with E-state index in [1.165, 1.54) is 11.4 Å². The van der Waals surface area contributed by atoms with Crippen LogP contribution in [0.1, 0.15) is 23.5 Å². The summed E-state index contributed by atoms with van der Waals surface area (Å²) in [5.74, 6) is -1.19. The second kappa shape index (κ2) is 6.76. The van der Waals surface area contributed by atoms with Crippen molar-refractivity contribution in [1.29, 1.82) is 0 Å². The lowest BCUT2D eigenvalue weighted by Crippen LogP contribution is -2.38. The predicted molar refractivity (Wildman–Crippen MR) is 94.4 cm³/mol. The fourth-order valence-electron chi connectivity index (χ4n) is 3.13. The van der Waals surface area contributed by atoms with Crippen molar-refractivity contribution in [2.45, 2.75) is 18.1 Å². The number of rotatable bonds is 5. The first-order chi connectivity index (χ1) is 11.9. The number of hydrogen-bond acceptors (Lipinski definition) is 4. The molecule has 1 unspecified atom stereocenters. The number of aliphatic carboxylic acids is 1. The Morgan fingerprint density at radius 1 is 1.24 bits per heavy atom. The highest BCUT2D eigenvalue weighted by Crippen LogP contribution is 2.37. The first-order valence-electron chi connectivity index (χ1n) is 7.87. The number of carboxylic acids is 1. The molecule has 1 N–H and O–H groups in total. The van der Waals surface area contributed by atoms with Gasteiger partial charge < -0.3 is 9.84 Å². The van der Waals surface area contributed by atoms with Gasteiger partial charge in [0, 0.05) is 6.54 Å². The smallest absolute Gasteiger partial charge is 0.311 e. The van der Waals surface area contributed by atoms with Gasteiger partial charge in [-0.15, -0.1) is 0 Å². The average molecular weight is 361 g/mol. The van der Waals surface area contributed by atoms with Gasteiger partial charge in [-0.3, -0.25) is 9.10 Å². The number of nitrogens with zero attached hydrogens (tertiary/aromatic N) is 1. The molecule has 0 bridgehead atoms. The summed E-state index contributed by atoms with van der Waals surface area (Å²) in [6.45, 7) is 0.153. The van der Waals surface area contributed by atoms with Crippen LogP contribution in [0, 0.1) is 0 Å². The number of carboxylic acid groups (broad SMARTS) is 1. The highest BCUT2D eigenvalue weighted by Gasteiger charge is 2.34. The van der Waals surface area contributed by atoms with Gasteiger partial charge in [0.1, 0.15) is 5.75 Å². The monoisotopic (exact) mass is 361 g/mol. The lowest BCUT2D eigenvalue weighted by atomic mass is 9.91. The standard InChI is InChI=1S/C18H19NO5S/c1-24-14-6-4-5-13(11-14)12-25(22,23)19-10-9-16(18(20)21)15-7-2-3-8-17(15)19/h2-8,11,16H,9-10,12H2,1H3,(H,20,21). The van der Waals surface area contributed by atoms with Crippen molar-refractivity contribution in [2.75, 3.05) is 18.0 Å². The number of carbonyl (C=O) groups is 1. The zero-order valence-corrected chi connectivity index (χ0v) is 14.6. The third-order valence-electron chi connectivity index (χ3n) is 4.32. The van der Waals surface area contributed by atoms with Crippen LogP contribution in [-0.4, -0.2) is 33.1 Å². The summed E-state index contributed by atoms with van der Waals surface area (Å²) in [4.78, 5) is 11.5. The maximum Gasteiger partial charge on any atom is 0.311 e. The number of hydrogen-bond donors (Lipinski definition) is 1. The number of anilines is 1. The maximum absolute atomic E-state index is 12.9. The average Bonchev–Trinajstić information content (AvgIpc) is 2.60. The summed E-state index contributed by atoms with van der Waals surface area (Å²) in [6, 6.07) is 13.7. The Kier molecular flexibility index (Phi) is 4.67. The van der Waals surface area contributed by atoms with E-state index in [-0.39, 0.29) is 18.7 Å². The summed E-state index contributed by atoms with van der Waals surface area (Å²) in [5.41, 5.74) is 1.61. The van der Waals surface area contributed by atoms with E-state index in [1.54, 1.807) is 48.5 Å². The van der Waals surface area contributed by atoms with E-state index < -0.39 is 21.9 Å². The van der Waals surface area contributed by atoms with Gasteiger partial charge in [-0.2, -0.15) is 0 Å². The van der Waals surface area contributed by atoms with Gasteiger partial charge in [-0.05, 0) is 35.7 Å². The second-order valence-corrected chi connectivity index (χ2v) is 7.81. The van der Waals surface area contributed by atoms with Gasteiger partial charge in [0.05, 0.1) is 24.5 Å². The zero-order chi connectivity index (χ0) is 18.0. The number of benzene rings is 2. The van der Waals surface area contributed by atoms with Gasteiger partial charge in [0.15, 0.2) is 0 Å². The van der Waals surface area contributed by atoms with E-state index in [0.717, 1.165) is 0 Å². The number of para-hydroxylation sites is 1. The molecule has 0 aliphatic carbocycles. The summed E-state index contributed by atoms with van der Waals surface area (Å²) in [5, 5.41) is 9.39. The van der Waals surface area contributed by atoms with Gasteiger partial charge >= 0.3 is 5.97 Å². The molecule has 0 spiro atoms. The molecular weight excluding hydrogens is 342 g/mol. The van der Waals surface area contributed by atoms with Crippen molar-refractivity contribution < 1.29 is 23.1 Å². The minimum absolute atomic E-state index is 0.153. The Labute approximate surface area is 146 Å². The SMILES string of the molecule is COc1cccc(CS(=O)(=O)N2CCC(C(=O)O)c3ccccc32)c1. The Morgan fingerprint density at radius 2 is 2.00 bits per heavy atom. The molecule has 0 saturated heterocycles.